The molecule has 0 radical (unpaired) electrons. The average molecular weight is 412 g/mol. The third-order valence-electron chi connectivity index (χ3n) is 3.22. The van der Waals surface area contributed by atoms with Crippen LogP contribution in [0.25, 0.3) is 0 Å². The van der Waals surface area contributed by atoms with Crippen LogP contribution in [0.3, 0.4) is 0 Å². The molecule has 0 unspecified atom stereocenters. The Morgan fingerprint density at radius 3 is 2.20 bits per heavy atom. The van der Waals surface area contributed by atoms with E-state index in [0.29, 0.717) is 26.2 Å². The van der Waals surface area contributed by atoms with Crippen LogP contribution >= 0.6 is 31.9 Å². The first-order chi connectivity index (χ1) is 9.36. The van der Waals surface area contributed by atoms with E-state index in [1.54, 1.807) is 0 Å². The molecule has 1 aromatic rings. The molecule has 0 aromatic heterocycles. The summed E-state index contributed by atoms with van der Waals surface area (Å²) in [6.07, 6.45) is 0. The third kappa shape index (κ3) is 4.23. The number of alkyl halides is 3. The quantitative estimate of drug-likeness (QED) is 0.713. The summed E-state index contributed by atoms with van der Waals surface area (Å²) in [6.45, 7) is 2.63. The normalized spacial score (nSPS) is 17.3. The van der Waals surface area contributed by atoms with Crippen molar-refractivity contribution in [3.63, 3.8) is 0 Å². The van der Waals surface area contributed by atoms with Crippen molar-refractivity contribution in [1.29, 1.82) is 0 Å². The molecule has 1 heterocycles. The van der Waals surface area contributed by atoms with Crippen molar-refractivity contribution in [2.24, 2.45) is 0 Å². The van der Waals surface area contributed by atoms with Crippen LogP contribution in [-0.4, -0.2) is 46.7 Å². The predicted octanol–water partition coefficient (Wildman–Crippen LogP) is 3.08. The van der Waals surface area contributed by atoms with Crippen LogP contribution in [0.15, 0.2) is 28.7 Å². The molecule has 1 fully saturated rings. The van der Waals surface area contributed by atoms with E-state index >= 15 is 0 Å². The van der Waals surface area contributed by atoms with E-state index < -0.39 is 10.7 Å². The van der Waals surface area contributed by atoms with E-state index in [2.05, 4.69) is 36.8 Å². The van der Waals surface area contributed by atoms with Gasteiger partial charge in [0.15, 0.2) is 0 Å². The summed E-state index contributed by atoms with van der Waals surface area (Å²) in [4.78, 5) is 11.3. The van der Waals surface area contributed by atoms with Crippen molar-refractivity contribution in [3.05, 3.63) is 34.3 Å². The number of rotatable bonds is 3. The van der Waals surface area contributed by atoms with Crippen LogP contribution in [0.2, 0.25) is 0 Å². The van der Waals surface area contributed by atoms with Crippen molar-refractivity contribution < 1.29 is 13.6 Å². The Hall–Kier alpha value is -0.530. The summed E-state index contributed by atoms with van der Waals surface area (Å²) in [5.74, 6) is -1.15. The van der Waals surface area contributed by atoms with Crippen molar-refractivity contribution >= 4 is 37.8 Å². The molecule has 0 saturated carbocycles. The summed E-state index contributed by atoms with van der Waals surface area (Å²) in [6, 6.07) is 7.99. The zero-order valence-electron chi connectivity index (χ0n) is 10.7. The van der Waals surface area contributed by atoms with Gasteiger partial charge in [-0.05, 0) is 17.7 Å². The lowest BCUT2D eigenvalue weighted by Gasteiger charge is -2.35. The Morgan fingerprint density at radius 2 is 1.70 bits per heavy atom. The summed E-state index contributed by atoms with van der Waals surface area (Å²) in [7, 11) is 0. The van der Waals surface area contributed by atoms with E-state index in [1.807, 2.05) is 24.3 Å². The fourth-order valence-corrected chi connectivity index (χ4v) is 2.65. The van der Waals surface area contributed by atoms with Gasteiger partial charge in [-0.15, -0.1) is 0 Å². The number of benzene rings is 1. The summed E-state index contributed by atoms with van der Waals surface area (Å²) in [5, 5.41) is 0. The standard InChI is InChI=1S/C13H14Br2F2N2O/c14-11-3-1-10(2-4-11)9-18-5-7-19(8-6-18)12(20)13(15,16)17/h1-4H,5-9H2. The average Bonchev–Trinajstić information content (AvgIpc) is 2.40. The Kier molecular flexibility index (Phi) is 5.14. The molecule has 3 nitrogen and oxygen atoms in total. The lowest BCUT2D eigenvalue weighted by atomic mass is 10.2. The van der Waals surface area contributed by atoms with E-state index in [4.69, 9.17) is 0 Å². The maximum Gasteiger partial charge on any atom is 0.377 e. The van der Waals surface area contributed by atoms with Crippen molar-refractivity contribution in [3.8, 4) is 0 Å². The molecule has 0 bridgehead atoms. The van der Waals surface area contributed by atoms with Crippen molar-refractivity contribution in [2.75, 3.05) is 26.2 Å². The van der Waals surface area contributed by atoms with Crippen molar-refractivity contribution in [2.45, 2.75) is 11.4 Å². The largest absolute Gasteiger partial charge is 0.377 e. The maximum atomic E-state index is 12.9. The van der Waals surface area contributed by atoms with Gasteiger partial charge in [0.2, 0.25) is 0 Å². The highest BCUT2D eigenvalue weighted by molar-refractivity contribution is 9.10. The maximum absolute atomic E-state index is 12.9. The van der Waals surface area contributed by atoms with Crippen LogP contribution < -0.4 is 0 Å². The summed E-state index contributed by atoms with van der Waals surface area (Å²) in [5.41, 5.74) is 1.17. The number of carbonyl (C=O) groups is 1. The second-order valence-corrected chi connectivity index (χ2v) is 6.60. The number of hydrogen-bond donors (Lipinski definition) is 0. The molecule has 1 aliphatic rings. The van der Waals surface area contributed by atoms with Gasteiger partial charge in [0.1, 0.15) is 0 Å². The highest BCUT2D eigenvalue weighted by Crippen LogP contribution is 2.25. The first kappa shape index (κ1) is 15.9. The second-order valence-electron chi connectivity index (χ2n) is 4.69. The molecule has 2 rings (SSSR count). The van der Waals surface area contributed by atoms with Crippen LogP contribution in [0, 0.1) is 0 Å². The third-order valence-corrected chi connectivity index (χ3v) is 4.09. The van der Waals surface area contributed by atoms with E-state index in [0.717, 1.165) is 11.0 Å². The number of nitrogens with zero attached hydrogens (tertiary/aromatic N) is 2. The molecule has 20 heavy (non-hydrogen) atoms. The lowest BCUT2D eigenvalue weighted by molar-refractivity contribution is -0.147. The monoisotopic (exact) mass is 410 g/mol. The highest BCUT2D eigenvalue weighted by Gasteiger charge is 2.39. The molecule has 0 aliphatic carbocycles. The fraction of sp³-hybridized carbons (Fsp3) is 0.462. The van der Waals surface area contributed by atoms with Gasteiger partial charge in [-0.2, -0.15) is 8.78 Å². The van der Waals surface area contributed by atoms with Gasteiger partial charge in [-0.1, -0.05) is 28.1 Å². The van der Waals surface area contributed by atoms with Crippen LogP contribution in [-0.2, 0) is 11.3 Å². The first-order valence-electron chi connectivity index (χ1n) is 6.19. The predicted molar refractivity (Wildman–Crippen MR) is 79.9 cm³/mol. The van der Waals surface area contributed by atoms with Crippen LogP contribution in [0.5, 0.6) is 0 Å². The smallest absolute Gasteiger partial charge is 0.334 e. The van der Waals surface area contributed by atoms with Gasteiger partial charge >= 0.3 is 10.7 Å². The number of hydrogen-bond acceptors (Lipinski definition) is 2. The van der Waals surface area contributed by atoms with Crippen LogP contribution in [0.4, 0.5) is 8.78 Å². The van der Waals surface area contributed by atoms with E-state index in [9.17, 15) is 13.6 Å². The lowest BCUT2D eigenvalue weighted by Crippen LogP contribution is -2.51. The first-order valence-corrected chi connectivity index (χ1v) is 7.78. The number of piperazine rings is 1. The number of amides is 1. The van der Waals surface area contributed by atoms with Crippen molar-refractivity contribution in [1.82, 2.24) is 9.80 Å². The molecule has 0 atom stereocenters. The molecule has 1 aromatic carbocycles. The topological polar surface area (TPSA) is 23.6 Å². The molecular weight excluding hydrogens is 398 g/mol. The number of carbonyl (C=O) groups excluding carboxylic acids is 1. The van der Waals surface area contributed by atoms with Crippen LogP contribution in [0.1, 0.15) is 5.56 Å². The molecule has 1 saturated heterocycles. The van der Waals surface area contributed by atoms with Gasteiger partial charge in [0.05, 0.1) is 0 Å². The van der Waals surface area contributed by atoms with Gasteiger partial charge in [0, 0.05) is 53.1 Å². The fourth-order valence-electron chi connectivity index (χ4n) is 2.14. The zero-order valence-corrected chi connectivity index (χ0v) is 13.8. The SMILES string of the molecule is O=C(N1CCN(Cc2ccc(Br)cc2)CC1)C(F)(F)Br. The van der Waals surface area contributed by atoms with Gasteiger partial charge < -0.3 is 4.90 Å². The minimum atomic E-state index is -3.46. The molecule has 110 valence electrons. The molecule has 0 N–H and O–H groups in total. The highest BCUT2D eigenvalue weighted by atomic mass is 79.9. The molecule has 0 spiro atoms. The molecule has 1 aliphatic heterocycles. The number of halogens is 4. The Labute approximate surface area is 133 Å². The summed E-state index contributed by atoms with van der Waals surface area (Å²) < 4.78 is 26.8. The zero-order chi connectivity index (χ0) is 14.8. The van der Waals surface area contributed by atoms with Gasteiger partial charge in [-0.25, -0.2) is 0 Å². The minimum Gasteiger partial charge on any atom is -0.334 e. The Balaban J connectivity index is 1.85. The second kappa shape index (κ2) is 6.49. The van der Waals surface area contributed by atoms with E-state index in [-0.39, 0.29) is 0 Å². The van der Waals surface area contributed by atoms with Gasteiger partial charge in [0.25, 0.3) is 0 Å². The molecular formula is C13H14Br2F2N2O. The Bertz CT molecular complexity index is 468. The van der Waals surface area contributed by atoms with Gasteiger partial charge in [-0.3, -0.25) is 9.69 Å². The van der Waals surface area contributed by atoms with E-state index in [1.165, 1.54) is 10.5 Å². The Morgan fingerprint density at radius 1 is 1.15 bits per heavy atom. The molecule has 1 amide bonds. The molecule has 7 heteroatoms. The minimum absolute atomic E-state index is 0.330. The summed E-state index contributed by atoms with van der Waals surface area (Å²) >= 11 is 5.49.